The van der Waals surface area contributed by atoms with Crippen molar-refractivity contribution in [3.05, 3.63) is 58.6 Å². The highest BCUT2D eigenvalue weighted by Gasteiger charge is 2.52. The summed E-state index contributed by atoms with van der Waals surface area (Å²) in [6.45, 7) is 9.59. The number of nitrogens with zero attached hydrogens (tertiary/aromatic N) is 8. The van der Waals surface area contributed by atoms with E-state index in [9.17, 15) is 20.0 Å². The summed E-state index contributed by atoms with van der Waals surface area (Å²) in [5.74, 6) is 0.852. The van der Waals surface area contributed by atoms with Gasteiger partial charge in [-0.3, -0.25) is 14.3 Å². The summed E-state index contributed by atoms with van der Waals surface area (Å²) in [7, 11) is 2.06. The van der Waals surface area contributed by atoms with Crippen LogP contribution in [0.25, 0.3) is 27.5 Å². The van der Waals surface area contributed by atoms with Gasteiger partial charge < -0.3 is 19.6 Å². The number of likely N-dealkylation sites (N-methyl/N-ethyl adjacent to an activating group) is 1. The quantitative estimate of drug-likeness (QED) is 0.323. The Balaban J connectivity index is 1.54. The monoisotopic (exact) mass is 624 g/mol. The molecular formula is C34H40N8O4. The van der Waals surface area contributed by atoms with Crippen molar-refractivity contribution in [3.8, 4) is 17.8 Å². The molecule has 12 nitrogen and oxygen atoms in total. The number of carbonyl (C=O) groups is 1. The van der Waals surface area contributed by atoms with Gasteiger partial charge in [0.2, 0.25) is 0 Å². The zero-order valence-corrected chi connectivity index (χ0v) is 27.0. The SMILES string of the molecule is Cc1nc2c(N3CCN(C(=O)O)C(CC#N)(C(C)(C)C)C3)nc(OCC3CCCN3C)nc2c(=O)n1-c1cccc2ccccc12. The molecule has 1 amide bonds. The highest BCUT2D eigenvalue weighted by atomic mass is 16.5. The molecule has 0 spiro atoms. The maximum Gasteiger partial charge on any atom is 0.407 e. The van der Waals surface area contributed by atoms with E-state index in [0.29, 0.717) is 36.0 Å². The number of hydrogen-bond acceptors (Lipinski definition) is 9. The standard InChI is InChI=1S/C34H40N8O4/c1-22-36-27-28(30(43)42(22)26-14-8-11-23-10-6-7-13-25(23)26)37-31(46-20-24-12-9-17-39(24)5)38-29(27)40-18-19-41(32(44)45)34(21-40,15-16-35)33(2,3)4/h6-8,10-11,13-14,24H,9,12,15,17-21H2,1-5H3,(H,44,45). The second-order valence-electron chi connectivity index (χ2n) is 13.4. The summed E-state index contributed by atoms with van der Waals surface area (Å²) in [4.78, 5) is 46.9. The van der Waals surface area contributed by atoms with Gasteiger partial charge in [-0.05, 0) is 50.2 Å². The van der Waals surface area contributed by atoms with Crippen LogP contribution in [0.4, 0.5) is 10.6 Å². The van der Waals surface area contributed by atoms with Crippen molar-refractivity contribution in [3.63, 3.8) is 0 Å². The minimum absolute atomic E-state index is 0.0139. The van der Waals surface area contributed by atoms with E-state index >= 15 is 0 Å². The maximum absolute atomic E-state index is 14.4. The molecule has 2 aromatic heterocycles. The molecule has 46 heavy (non-hydrogen) atoms. The van der Waals surface area contributed by atoms with E-state index in [2.05, 4.69) is 23.0 Å². The predicted octanol–water partition coefficient (Wildman–Crippen LogP) is 4.61. The molecule has 2 aromatic carbocycles. The van der Waals surface area contributed by atoms with Crippen molar-refractivity contribution < 1.29 is 14.6 Å². The summed E-state index contributed by atoms with van der Waals surface area (Å²) in [6, 6.07) is 16.2. The van der Waals surface area contributed by atoms with Crippen LogP contribution in [0, 0.1) is 23.7 Å². The van der Waals surface area contributed by atoms with Gasteiger partial charge in [0.25, 0.3) is 5.56 Å². The fourth-order valence-electron chi connectivity index (χ4n) is 7.04. The zero-order valence-electron chi connectivity index (χ0n) is 27.0. The lowest BCUT2D eigenvalue weighted by atomic mass is 9.69. The third-order valence-corrected chi connectivity index (χ3v) is 9.79. The number of amides is 1. The molecule has 6 rings (SSSR count). The molecule has 2 fully saturated rings. The van der Waals surface area contributed by atoms with Crippen molar-refractivity contribution in [2.75, 3.05) is 44.7 Å². The van der Waals surface area contributed by atoms with Gasteiger partial charge in [-0.2, -0.15) is 15.2 Å². The second kappa shape index (κ2) is 11.9. The first kappa shape index (κ1) is 31.2. The van der Waals surface area contributed by atoms with E-state index < -0.39 is 17.0 Å². The highest BCUT2D eigenvalue weighted by molar-refractivity contribution is 5.91. The lowest BCUT2D eigenvalue weighted by molar-refractivity contribution is -0.00279. The van der Waals surface area contributed by atoms with Crippen LogP contribution in [0.1, 0.15) is 45.9 Å². The summed E-state index contributed by atoms with van der Waals surface area (Å²) in [6.07, 6.45) is 0.981. The first-order valence-electron chi connectivity index (χ1n) is 15.7. The number of rotatable bonds is 6. The molecular weight excluding hydrogens is 584 g/mol. The van der Waals surface area contributed by atoms with Crippen LogP contribution >= 0.6 is 0 Å². The number of carboxylic acid groups (broad SMARTS) is 1. The lowest BCUT2D eigenvalue weighted by Crippen LogP contribution is -2.69. The van der Waals surface area contributed by atoms with Crippen LogP contribution in [0.2, 0.25) is 0 Å². The van der Waals surface area contributed by atoms with Crippen molar-refractivity contribution in [1.29, 1.82) is 5.26 Å². The van der Waals surface area contributed by atoms with Gasteiger partial charge in [0, 0.05) is 31.1 Å². The minimum atomic E-state index is -1.07. The largest absolute Gasteiger partial charge is 0.465 e. The smallest absolute Gasteiger partial charge is 0.407 e. The van der Waals surface area contributed by atoms with Crippen LogP contribution in [0.15, 0.2) is 47.3 Å². The van der Waals surface area contributed by atoms with Gasteiger partial charge in [-0.25, -0.2) is 9.78 Å². The minimum Gasteiger partial charge on any atom is -0.465 e. The van der Waals surface area contributed by atoms with Gasteiger partial charge in [0.05, 0.1) is 23.7 Å². The zero-order chi connectivity index (χ0) is 32.8. The Labute approximate surface area is 267 Å². The number of likely N-dealkylation sites (tertiary alicyclic amines) is 1. The van der Waals surface area contributed by atoms with Crippen LogP contribution in [-0.2, 0) is 0 Å². The number of benzene rings is 2. The number of ether oxygens (including phenoxy) is 1. The van der Waals surface area contributed by atoms with E-state index in [1.54, 1.807) is 11.5 Å². The molecule has 0 saturated carbocycles. The van der Waals surface area contributed by atoms with Crippen molar-refractivity contribution in [1.82, 2.24) is 29.3 Å². The molecule has 0 bridgehead atoms. The van der Waals surface area contributed by atoms with E-state index in [-0.39, 0.29) is 42.6 Å². The summed E-state index contributed by atoms with van der Waals surface area (Å²) in [5, 5.41) is 22.0. The molecule has 1 N–H and O–H groups in total. The Morgan fingerprint density at radius 3 is 2.54 bits per heavy atom. The van der Waals surface area contributed by atoms with Gasteiger partial charge in [0.15, 0.2) is 11.3 Å². The highest BCUT2D eigenvalue weighted by Crippen LogP contribution is 2.43. The number of anilines is 1. The summed E-state index contributed by atoms with van der Waals surface area (Å²) >= 11 is 0. The van der Waals surface area contributed by atoms with Crippen LogP contribution < -0.4 is 15.2 Å². The molecule has 0 radical (unpaired) electrons. The maximum atomic E-state index is 14.4. The molecule has 4 heterocycles. The topological polar surface area (TPSA) is 141 Å². The number of hydrogen-bond donors (Lipinski definition) is 1. The molecule has 2 aliphatic rings. The van der Waals surface area contributed by atoms with Crippen LogP contribution in [0.3, 0.4) is 0 Å². The number of aromatic nitrogens is 4. The summed E-state index contributed by atoms with van der Waals surface area (Å²) in [5.41, 5.74) is -0.883. The Bertz CT molecular complexity index is 1910. The molecule has 0 aliphatic carbocycles. The molecule has 12 heteroatoms. The number of aryl methyl sites for hydroxylation is 1. The van der Waals surface area contributed by atoms with Gasteiger partial charge in [-0.15, -0.1) is 0 Å². The van der Waals surface area contributed by atoms with E-state index in [1.165, 1.54) is 4.90 Å². The fraction of sp³-hybridized carbons (Fsp3) is 0.471. The Morgan fingerprint density at radius 2 is 1.85 bits per heavy atom. The molecule has 240 valence electrons. The average Bonchev–Trinajstić information content (AvgIpc) is 3.43. The first-order valence-corrected chi connectivity index (χ1v) is 15.7. The third kappa shape index (κ3) is 5.28. The van der Waals surface area contributed by atoms with E-state index in [0.717, 1.165) is 30.2 Å². The molecule has 2 aliphatic heterocycles. The van der Waals surface area contributed by atoms with Crippen molar-refractivity contribution in [2.45, 2.75) is 58.5 Å². The van der Waals surface area contributed by atoms with Crippen molar-refractivity contribution in [2.24, 2.45) is 5.41 Å². The fourth-order valence-corrected chi connectivity index (χ4v) is 7.04. The molecule has 2 unspecified atom stereocenters. The number of nitriles is 1. The normalized spacial score (nSPS) is 20.7. The molecule has 2 saturated heterocycles. The number of piperazine rings is 1. The van der Waals surface area contributed by atoms with E-state index in [1.807, 2.05) is 68.1 Å². The van der Waals surface area contributed by atoms with Gasteiger partial charge in [-0.1, -0.05) is 57.2 Å². The second-order valence-corrected chi connectivity index (χ2v) is 13.4. The average molecular weight is 625 g/mol. The molecule has 2 atom stereocenters. The first-order chi connectivity index (χ1) is 21.9. The third-order valence-electron chi connectivity index (χ3n) is 9.79. The number of fused-ring (bicyclic) bond motifs is 2. The molecule has 4 aromatic rings. The predicted molar refractivity (Wildman–Crippen MR) is 176 cm³/mol. The van der Waals surface area contributed by atoms with Crippen LogP contribution in [0.5, 0.6) is 6.01 Å². The lowest BCUT2D eigenvalue weighted by Gasteiger charge is -2.55. The Hall–Kier alpha value is -4.76. The van der Waals surface area contributed by atoms with E-state index in [4.69, 9.17) is 14.7 Å². The van der Waals surface area contributed by atoms with Gasteiger partial charge in [0.1, 0.15) is 17.9 Å². The Kier molecular flexibility index (Phi) is 8.06. The summed E-state index contributed by atoms with van der Waals surface area (Å²) < 4.78 is 7.78. The Morgan fingerprint density at radius 1 is 1.09 bits per heavy atom. The van der Waals surface area contributed by atoms with Crippen LogP contribution in [-0.4, -0.2) is 91.9 Å². The van der Waals surface area contributed by atoms with Crippen molar-refractivity contribution >= 4 is 33.7 Å². The van der Waals surface area contributed by atoms with Gasteiger partial charge >= 0.3 is 12.1 Å².